The van der Waals surface area contributed by atoms with Crippen LogP contribution in [0, 0.1) is 6.92 Å². The molecule has 0 heterocycles. The second-order valence-corrected chi connectivity index (χ2v) is 7.01. The van der Waals surface area contributed by atoms with E-state index < -0.39 is 0 Å². The van der Waals surface area contributed by atoms with E-state index in [1.165, 1.54) is 62.2 Å². The molecule has 4 aromatic rings. The Morgan fingerprint density at radius 3 is 1.52 bits per heavy atom. The van der Waals surface area contributed by atoms with Gasteiger partial charge in [0.15, 0.2) is 0 Å². The molecular weight excluding hydrogens is 396 g/mol. The summed E-state index contributed by atoms with van der Waals surface area (Å²) in [5.74, 6) is 0. The average Bonchev–Trinajstić information content (AvgIpc) is 3.54. The second-order valence-electron chi connectivity index (χ2n) is 7.01. The predicted octanol–water partition coefficient (Wildman–Crippen LogP) is 10.7. The van der Waals surface area contributed by atoms with Crippen molar-refractivity contribution in [1.82, 2.24) is 0 Å². The first kappa shape index (κ1) is 28.2. The minimum Gasteiger partial charge on any atom is -0.0683 e. The monoisotopic (exact) mass is 440 g/mol. The van der Waals surface area contributed by atoms with Gasteiger partial charge in [0.1, 0.15) is 0 Å². The Morgan fingerprint density at radius 1 is 0.485 bits per heavy atom. The third-order valence-electron chi connectivity index (χ3n) is 5.51. The minimum atomic E-state index is 1.23. The molecule has 0 heteroatoms. The average molecular weight is 441 g/mol. The Morgan fingerprint density at radius 2 is 0.970 bits per heavy atom. The summed E-state index contributed by atoms with van der Waals surface area (Å²) in [6.45, 7) is 18.2. The maximum absolute atomic E-state index is 2.29. The molecule has 2 aliphatic carbocycles. The fourth-order valence-corrected chi connectivity index (χ4v) is 4.25. The van der Waals surface area contributed by atoms with E-state index in [-0.39, 0.29) is 0 Å². The zero-order valence-corrected chi connectivity index (χ0v) is 22.4. The van der Waals surface area contributed by atoms with E-state index in [9.17, 15) is 0 Å². The molecule has 0 saturated heterocycles. The van der Waals surface area contributed by atoms with Crippen molar-refractivity contribution in [2.24, 2.45) is 0 Å². The molecule has 33 heavy (non-hydrogen) atoms. The molecule has 0 atom stereocenters. The van der Waals surface area contributed by atoms with E-state index in [0.717, 1.165) is 0 Å². The number of rotatable bonds is 0. The molecule has 0 aliphatic heterocycles. The molecule has 2 aliphatic rings. The van der Waals surface area contributed by atoms with E-state index in [2.05, 4.69) is 85.8 Å². The van der Waals surface area contributed by atoms with Gasteiger partial charge >= 0.3 is 0 Å². The SMILES string of the molecule is C1=Cc2cccc3cccc1c23.CC.CC.CC.CC.Cc1ccc2c3c(cccc13)CC2. The standard InChI is InChI=1S/C13H12.C12H8.4C2H6/c1-9-5-6-11-8-7-10-3-2-4-12(9)13(10)11;1-3-9-4-2-6-11-8-7-10(5-1)12(9)11;4*1-2/h2-6H,7-8H2,1H3;1-8H;4*1-2H3. The van der Waals surface area contributed by atoms with Crippen LogP contribution in [0.3, 0.4) is 0 Å². The van der Waals surface area contributed by atoms with Gasteiger partial charge < -0.3 is 0 Å². The number of aryl methyl sites for hydroxylation is 3. The van der Waals surface area contributed by atoms with E-state index >= 15 is 0 Å². The van der Waals surface area contributed by atoms with Crippen LogP contribution in [0.5, 0.6) is 0 Å². The molecule has 0 radical (unpaired) electrons. The Hall–Kier alpha value is -2.86. The molecule has 0 nitrogen and oxygen atoms in total. The minimum absolute atomic E-state index is 1.23. The molecule has 0 unspecified atom stereocenters. The molecule has 0 bridgehead atoms. The van der Waals surface area contributed by atoms with Gasteiger partial charge in [0.2, 0.25) is 0 Å². The summed E-state index contributed by atoms with van der Waals surface area (Å²) >= 11 is 0. The zero-order valence-electron chi connectivity index (χ0n) is 22.4. The molecule has 6 rings (SSSR count). The molecule has 176 valence electrons. The Kier molecular flexibility index (Phi) is 12.9. The maximum atomic E-state index is 2.29. The smallest absolute Gasteiger partial charge is 0.00389 e. The summed E-state index contributed by atoms with van der Waals surface area (Å²) in [5, 5.41) is 5.73. The van der Waals surface area contributed by atoms with Crippen molar-refractivity contribution in [2.75, 3.05) is 0 Å². The zero-order chi connectivity index (χ0) is 24.8. The summed E-state index contributed by atoms with van der Waals surface area (Å²) in [7, 11) is 0. The fourth-order valence-electron chi connectivity index (χ4n) is 4.25. The Labute approximate surface area is 203 Å². The molecule has 0 spiro atoms. The predicted molar refractivity (Wildman–Crippen MR) is 154 cm³/mol. The first-order valence-corrected chi connectivity index (χ1v) is 13.0. The Bertz CT molecular complexity index is 1090. The van der Waals surface area contributed by atoms with Crippen LogP contribution in [-0.2, 0) is 12.8 Å². The van der Waals surface area contributed by atoms with Gasteiger partial charge in [-0.1, -0.05) is 134 Å². The highest BCUT2D eigenvalue weighted by Gasteiger charge is 2.13. The van der Waals surface area contributed by atoms with Crippen LogP contribution in [0.4, 0.5) is 0 Å². The summed E-state index contributed by atoms with van der Waals surface area (Å²) in [4.78, 5) is 0. The van der Waals surface area contributed by atoms with Crippen molar-refractivity contribution < 1.29 is 0 Å². The molecule has 0 aromatic heterocycles. The van der Waals surface area contributed by atoms with Crippen LogP contribution in [0.15, 0.2) is 66.7 Å². The highest BCUT2D eigenvalue weighted by atomic mass is 14.2. The number of hydrogen-bond acceptors (Lipinski definition) is 0. The molecule has 0 N–H and O–H groups in total. The third kappa shape index (κ3) is 6.35. The summed E-state index contributed by atoms with van der Waals surface area (Å²) in [5.41, 5.74) is 7.18. The van der Waals surface area contributed by atoms with Crippen LogP contribution < -0.4 is 0 Å². The maximum Gasteiger partial charge on any atom is -0.00389 e. The lowest BCUT2D eigenvalue weighted by molar-refractivity contribution is 1.02. The van der Waals surface area contributed by atoms with E-state index in [0.29, 0.717) is 0 Å². The molecule has 4 aromatic carbocycles. The highest BCUT2D eigenvalue weighted by Crippen LogP contribution is 2.32. The lowest BCUT2D eigenvalue weighted by atomic mass is 10.0. The summed E-state index contributed by atoms with van der Waals surface area (Å²) in [6.07, 6.45) is 6.82. The highest BCUT2D eigenvalue weighted by molar-refractivity contribution is 6.04. The van der Waals surface area contributed by atoms with Crippen molar-refractivity contribution in [2.45, 2.75) is 75.2 Å². The molecule has 0 amide bonds. The van der Waals surface area contributed by atoms with Crippen molar-refractivity contribution in [1.29, 1.82) is 0 Å². The van der Waals surface area contributed by atoms with Crippen LogP contribution in [0.25, 0.3) is 33.7 Å². The van der Waals surface area contributed by atoms with E-state index in [1.54, 1.807) is 0 Å². The molecule has 0 saturated carbocycles. The van der Waals surface area contributed by atoms with Gasteiger partial charge in [0, 0.05) is 0 Å². The molecule has 0 fully saturated rings. The van der Waals surface area contributed by atoms with Crippen molar-refractivity contribution in [3.05, 3.63) is 94.5 Å². The van der Waals surface area contributed by atoms with Crippen LogP contribution in [-0.4, -0.2) is 0 Å². The number of benzene rings is 4. The van der Waals surface area contributed by atoms with Gasteiger partial charge in [0.05, 0.1) is 0 Å². The van der Waals surface area contributed by atoms with E-state index in [4.69, 9.17) is 0 Å². The van der Waals surface area contributed by atoms with Crippen molar-refractivity contribution in [3.63, 3.8) is 0 Å². The number of hydrogen-bond donors (Lipinski definition) is 0. The normalized spacial score (nSPS) is 10.8. The first-order valence-electron chi connectivity index (χ1n) is 13.0. The van der Waals surface area contributed by atoms with Gasteiger partial charge in [-0.15, -0.1) is 0 Å². The lowest BCUT2D eigenvalue weighted by Gasteiger charge is -2.04. The van der Waals surface area contributed by atoms with Gasteiger partial charge in [-0.05, 0) is 69.1 Å². The lowest BCUT2D eigenvalue weighted by Crippen LogP contribution is -1.81. The van der Waals surface area contributed by atoms with Gasteiger partial charge in [-0.2, -0.15) is 0 Å². The fraction of sp³-hybridized carbons (Fsp3) is 0.333. The third-order valence-corrected chi connectivity index (χ3v) is 5.51. The quantitative estimate of drug-likeness (QED) is 0.224. The summed E-state index contributed by atoms with van der Waals surface area (Å²) in [6, 6.07) is 24.1. The second kappa shape index (κ2) is 15.1. The van der Waals surface area contributed by atoms with Gasteiger partial charge in [0.25, 0.3) is 0 Å². The topological polar surface area (TPSA) is 0 Å². The van der Waals surface area contributed by atoms with Gasteiger partial charge in [-0.3, -0.25) is 0 Å². The first-order chi connectivity index (χ1) is 16.3. The Balaban J connectivity index is 0.000000255. The van der Waals surface area contributed by atoms with Gasteiger partial charge in [-0.25, -0.2) is 0 Å². The summed E-state index contributed by atoms with van der Waals surface area (Å²) < 4.78 is 0. The molecular formula is C33H44. The largest absolute Gasteiger partial charge is 0.0683 e. The van der Waals surface area contributed by atoms with Crippen LogP contribution in [0.1, 0.15) is 83.2 Å². The van der Waals surface area contributed by atoms with Crippen LogP contribution in [0.2, 0.25) is 0 Å². The van der Waals surface area contributed by atoms with Crippen molar-refractivity contribution >= 4 is 33.7 Å². The van der Waals surface area contributed by atoms with Crippen LogP contribution >= 0.6 is 0 Å². The van der Waals surface area contributed by atoms with E-state index in [1.807, 2.05) is 55.4 Å². The van der Waals surface area contributed by atoms with Crippen molar-refractivity contribution in [3.8, 4) is 0 Å².